The number of aromatic nitrogens is 1. The standard InChI is InChI=1S/C15H19N3OS/c1-11-4-2-5-12(8-11)19-7-3-6-18-9-13-14(10-18)20-15(16)17-13/h2,4-5,8H,3,6-7,9-10H2,1H3,(H2,16,17). The van der Waals surface area contributed by atoms with Crippen LogP contribution in [0, 0.1) is 6.92 Å². The Morgan fingerprint density at radius 1 is 1.40 bits per heavy atom. The molecule has 0 amide bonds. The van der Waals surface area contributed by atoms with Gasteiger partial charge in [-0.05, 0) is 31.0 Å². The van der Waals surface area contributed by atoms with Gasteiger partial charge in [-0.15, -0.1) is 11.3 Å². The molecule has 1 aliphatic heterocycles. The Labute approximate surface area is 123 Å². The number of nitrogen functional groups attached to an aromatic ring is 1. The van der Waals surface area contributed by atoms with E-state index >= 15 is 0 Å². The fraction of sp³-hybridized carbons (Fsp3) is 0.400. The monoisotopic (exact) mass is 289 g/mol. The summed E-state index contributed by atoms with van der Waals surface area (Å²) in [4.78, 5) is 8.07. The smallest absolute Gasteiger partial charge is 0.180 e. The van der Waals surface area contributed by atoms with Gasteiger partial charge in [-0.1, -0.05) is 12.1 Å². The maximum absolute atomic E-state index is 5.76. The molecule has 2 N–H and O–H groups in total. The number of hydrogen-bond acceptors (Lipinski definition) is 5. The van der Waals surface area contributed by atoms with Crippen molar-refractivity contribution >= 4 is 16.5 Å². The van der Waals surface area contributed by atoms with E-state index in [2.05, 4.69) is 28.9 Å². The number of nitrogens with two attached hydrogens (primary N) is 1. The zero-order valence-corrected chi connectivity index (χ0v) is 12.4. The van der Waals surface area contributed by atoms with Gasteiger partial charge >= 0.3 is 0 Å². The first-order valence-electron chi connectivity index (χ1n) is 6.86. The molecule has 106 valence electrons. The lowest BCUT2D eigenvalue weighted by Crippen LogP contribution is -2.20. The number of nitrogens with zero attached hydrogens (tertiary/aromatic N) is 2. The average molecular weight is 289 g/mol. The van der Waals surface area contributed by atoms with Crippen molar-refractivity contribution in [3.8, 4) is 5.75 Å². The van der Waals surface area contributed by atoms with E-state index < -0.39 is 0 Å². The van der Waals surface area contributed by atoms with Crippen LogP contribution in [0.15, 0.2) is 24.3 Å². The summed E-state index contributed by atoms with van der Waals surface area (Å²) in [5, 5.41) is 0.692. The molecule has 1 aliphatic rings. The quantitative estimate of drug-likeness (QED) is 0.860. The molecule has 0 aliphatic carbocycles. The van der Waals surface area contributed by atoms with Gasteiger partial charge in [0.15, 0.2) is 5.13 Å². The van der Waals surface area contributed by atoms with Crippen LogP contribution >= 0.6 is 11.3 Å². The van der Waals surface area contributed by atoms with E-state index in [1.165, 1.54) is 10.4 Å². The van der Waals surface area contributed by atoms with Crippen LogP contribution in [0.25, 0.3) is 0 Å². The minimum absolute atomic E-state index is 0.692. The number of ether oxygens (including phenoxy) is 1. The lowest BCUT2D eigenvalue weighted by atomic mass is 10.2. The first-order valence-corrected chi connectivity index (χ1v) is 7.68. The molecule has 0 bridgehead atoms. The third-order valence-electron chi connectivity index (χ3n) is 3.41. The van der Waals surface area contributed by atoms with Gasteiger partial charge in [0.05, 0.1) is 12.3 Å². The van der Waals surface area contributed by atoms with E-state index in [1.807, 2.05) is 12.1 Å². The van der Waals surface area contributed by atoms with E-state index in [1.54, 1.807) is 11.3 Å². The van der Waals surface area contributed by atoms with Crippen molar-refractivity contribution in [3.05, 3.63) is 40.4 Å². The predicted octanol–water partition coefficient (Wildman–Crippen LogP) is 2.82. The second-order valence-corrected chi connectivity index (χ2v) is 6.27. The van der Waals surface area contributed by atoms with Gasteiger partial charge in [-0.25, -0.2) is 4.98 Å². The van der Waals surface area contributed by atoms with Gasteiger partial charge in [-0.2, -0.15) is 0 Å². The summed E-state index contributed by atoms with van der Waals surface area (Å²) in [6.45, 7) is 5.77. The number of benzene rings is 1. The van der Waals surface area contributed by atoms with Crippen LogP contribution in [0.2, 0.25) is 0 Å². The maximum Gasteiger partial charge on any atom is 0.180 e. The van der Waals surface area contributed by atoms with Crippen molar-refractivity contribution in [1.29, 1.82) is 0 Å². The third-order valence-corrected chi connectivity index (χ3v) is 4.32. The van der Waals surface area contributed by atoms with E-state index in [-0.39, 0.29) is 0 Å². The SMILES string of the molecule is Cc1cccc(OCCCN2Cc3nc(N)sc3C2)c1. The lowest BCUT2D eigenvalue weighted by molar-refractivity contribution is 0.237. The summed E-state index contributed by atoms with van der Waals surface area (Å²) in [6, 6.07) is 8.18. The molecular weight excluding hydrogens is 270 g/mol. The van der Waals surface area contributed by atoms with Gasteiger partial charge in [0.25, 0.3) is 0 Å². The van der Waals surface area contributed by atoms with Crippen LogP contribution in [-0.4, -0.2) is 23.0 Å². The number of fused-ring (bicyclic) bond motifs is 1. The Hall–Kier alpha value is -1.59. The van der Waals surface area contributed by atoms with E-state index in [0.29, 0.717) is 5.13 Å². The van der Waals surface area contributed by atoms with Crippen LogP contribution in [0.4, 0.5) is 5.13 Å². The number of rotatable bonds is 5. The molecule has 2 heterocycles. The molecule has 0 radical (unpaired) electrons. The second kappa shape index (κ2) is 5.81. The van der Waals surface area contributed by atoms with Gasteiger partial charge in [0, 0.05) is 24.5 Å². The molecule has 2 aromatic rings. The highest BCUT2D eigenvalue weighted by Gasteiger charge is 2.22. The molecule has 3 rings (SSSR count). The molecule has 0 spiro atoms. The topological polar surface area (TPSA) is 51.4 Å². The zero-order chi connectivity index (χ0) is 13.9. The van der Waals surface area contributed by atoms with Crippen molar-refractivity contribution in [3.63, 3.8) is 0 Å². The highest BCUT2D eigenvalue weighted by atomic mass is 32.1. The fourth-order valence-corrected chi connectivity index (χ4v) is 3.35. The first kappa shape index (κ1) is 13.4. The van der Waals surface area contributed by atoms with Gasteiger partial charge < -0.3 is 10.5 Å². The Morgan fingerprint density at radius 3 is 3.10 bits per heavy atom. The van der Waals surface area contributed by atoms with Crippen LogP contribution in [-0.2, 0) is 13.1 Å². The summed E-state index contributed by atoms with van der Waals surface area (Å²) in [7, 11) is 0. The van der Waals surface area contributed by atoms with Crippen LogP contribution in [0.1, 0.15) is 22.6 Å². The van der Waals surface area contributed by atoms with E-state index in [9.17, 15) is 0 Å². The maximum atomic E-state index is 5.76. The Kier molecular flexibility index (Phi) is 3.89. The normalized spacial score (nSPS) is 14.4. The van der Waals surface area contributed by atoms with Crippen molar-refractivity contribution in [1.82, 2.24) is 9.88 Å². The number of anilines is 1. The highest BCUT2D eigenvalue weighted by Crippen LogP contribution is 2.29. The molecule has 0 unspecified atom stereocenters. The number of thiazole rings is 1. The third kappa shape index (κ3) is 3.11. The molecule has 4 nitrogen and oxygen atoms in total. The molecule has 1 aromatic heterocycles. The van der Waals surface area contributed by atoms with E-state index in [4.69, 9.17) is 10.5 Å². The van der Waals surface area contributed by atoms with Crippen LogP contribution in [0.5, 0.6) is 5.75 Å². The minimum atomic E-state index is 0.692. The molecule has 0 fully saturated rings. The summed E-state index contributed by atoms with van der Waals surface area (Å²) >= 11 is 1.61. The Morgan fingerprint density at radius 2 is 2.30 bits per heavy atom. The average Bonchev–Trinajstić information content (AvgIpc) is 2.91. The molecule has 5 heteroatoms. The van der Waals surface area contributed by atoms with Crippen molar-refractivity contribution in [2.24, 2.45) is 0 Å². The molecule has 0 saturated carbocycles. The van der Waals surface area contributed by atoms with E-state index in [0.717, 1.165) is 44.1 Å². The summed E-state index contributed by atoms with van der Waals surface area (Å²) < 4.78 is 5.76. The Balaban J connectivity index is 1.40. The summed E-state index contributed by atoms with van der Waals surface area (Å²) in [5.41, 5.74) is 8.09. The zero-order valence-electron chi connectivity index (χ0n) is 11.6. The summed E-state index contributed by atoms with van der Waals surface area (Å²) in [5.74, 6) is 0.958. The van der Waals surface area contributed by atoms with Crippen molar-refractivity contribution < 1.29 is 4.74 Å². The van der Waals surface area contributed by atoms with Gasteiger partial charge in [-0.3, -0.25) is 4.90 Å². The molecular formula is C15H19N3OS. The van der Waals surface area contributed by atoms with Gasteiger partial charge in [0.1, 0.15) is 5.75 Å². The van der Waals surface area contributed by atoms with Crippen LogP contribution < -0.4 is 10.5 Å². The number of aryl methyl sites for hydroxylation is 1. The van der Waals surface area contributed by atoms with Crippen molar-refractivity contribution in [2.45, 2.75) is 26.4 Å². The summed E-state index contributed by atoms with van der Waals surface area (Å²) in [6.07, 6.45) is 1.03. The lowest BCUT2D eigenvalue weighted by Gasteiger charge is -2.14. The second-order valence-electron chi connectivity index (χ2n) is 5.15. The first-order chi connectivity index (χ1) is 9.70. The highest BCUT2D eigenvalue weighted by molar-refractivity contribution is 7.15. The number of hydrogen-bond donors (Lipinski definition) is 1. The molecule has 0 saturated heterocycles. The molecule has 20 heavy (non-hydrogen) atoms. The Bertz CT molecular complexity index is 573. The van der Waals surface area contributed by atoms with Gasteiger partial charge in [0.2, 0.25) is 0 Å². The molecule has 1 aromatic carbocycles. The molecule has 0 atom stereocenters. The fourth-order valence-electron chi connectivity index (χ4n) is 2.46. The predicted molar refractivity (Wildman–Crippen MR) is 81.9 cm³/mol. The largest absolute Gasteiger partial charge is 0.494 e. The minimum Gasteiger partial charge on any atom is -0.494 e. The van der Waals surface area contributed by atoms with Crippen LogP contribution in [0.3, 0.4) is 0 Å². The van der Waals surface area contributed by atoms with Crippen molar-refractivity contribution in [2.75, 3.05) is 18.9 Å².